The van der Waals surface area contributed by atoms with Gasteiger partial charge in [-0.25, -0.2) is 0 Å². The molecule has 0 aliphatic carbocycles. The molecule has 0 aliphatic heterocycles. The molecular weight excluding hydrogens is 207 g/mol. The van der Waals surface area contributed by atoms with E-state index in [-0.39, 0.29) is 0 Å². The van der Waals surface area contributed by atoms with E-state index in [1.54, 1.807) is 20.8 Å². The van der Waals surface area contributed by atoms with Crippen molar-refractivity contribution in [3.05, 3.63) is 0 Å². The highest BCUT2D eigenvalue weighted by Crippen LogP contribution is 2.25. The van der Waals surface area contributed by atoms with E-state index in [0.29, 0.717) is 0 Å². The maximum absolute atomic E-state index is 11.9. The molecule has 1 atom stereocenters. The molecule has 0 fully saturated rings. The third-order valence-electron chi connectivity index (χ3n) is 1.02. The minimum absolute atomic E-state index is 0.713. The molecule has 0 saturated heterocycles. The fraction of sp³-hybridized carbons (Fsp3) is 0.857. The molecule has 0 aromatic rings. The van der Waals surface area contributed by atoms with E-state index >= 15 is 0 Å². The van der Waals surface area contributed by atoms with Crippen molar-refractivity contribution in [2.75, 3.05) is 0 Å². The largest absolute Gasteiger partial charge is 0.413 e. The normalized spacial score (nSPS) is 15.3. The maximum Gasteiger partial charge on any atom is 0.413 e. The van der Waals surface area contributed by atoms with Crippen molar-refractivity contribution in [3.8, 4) is 0 Å². The highest BCUT2D eigenvalue weighted by Gasteiger charge is 2.44. The summed E-state index contributed by atoms with van der Waals surface area (Å²) in [6.07, 6.45) is -4.70. The lowest BCUT2D eigenvalue weighted by Gasteiger charge is -2.23. The van der Waals surface area contributed by atoms with Gasteiger partial charge in [0.1, 0.15) is 0 Å². The van der Waals surface area contributed by atoms with E-state index in [1.165, 1.54) is 0 Å². The molecular formula is C7H11ClF3NO. The van der Waals surface area contributed by atoms with Crippen LogP contribution in [0.3, 0.4) is 0 Å². The van der Waals surface area contributed by atoms with Gasteiger partial charge < -0.3 is 5.32 Å². The van der Waals surface area contributed by atoms with Gasteiger partial charge in [0.05, 0.1) is 0 Å². The van der Waals surface area contributed by atoms with Crippen LogP contribution >= 0.6 is 11.6 Å². The number of hydrogen-bond acceptors (Lipinski definition) is 1. The summed E-state index contributed by atoms with van der Waals surface area (Å²) in [6, 6.07) is 0. The van der Waals surface area contributed by atoms with Crippen molar-refractivity contribution < 1.29 is 18.0 Å². The van der Waals surface area contributed by atoms with Gasteiger partial charge >= 0.3 is 6.18 Å². The number of halogens is 4. The number of nitrogens with one attached hydrogen (secondary N) is 1. The van der Waals surface area contributed by atoms with Crippen LogP contribution in [-0.4, -0.2) is 23.0 Å². The highest BCUT2D eigenvalue weighted by atomic mass is 35.5. The zero-order valence-corrected chi connectivity index (χ0v) is 8.25. The van der Waals surface area contributed by atoms with Gasteiger partial charge in [-0.3, -0.25) is 4.79 Å². The van der Waals surface area contributed by atoms with Gasteiger partial charge in [-0.05, 0) is 20.8 Å². The summed E-state index contributed by atoms with van der Waals surface area (Å²) in [7, 11) is 0. The third kappa shape index (κ3) is 4.98. The van der Waals surface area contributed by atoms with Crippen molar-refractivity contribution >= 4 is 17.5 Å². The summed E-state index contributed by atoms with van der Waals surface area (Å²) in [6.45, 7) is 4.72. The predicted octanol–water partition coefficient (Wildman–Crippen LogP) is 2.07. The van der Waals surface area contributed by atoms with Crippen molar-refractivity contribution in [2.24, 2.45) is 0 Å². The molecule has 6 heteroatoms. The molecule has 13 heavy (non-hydrogen) atoms. The predicted molar refractivity (Wildman–Crippen MR) is 43.6 cm³/mol. The van der Waals surface area contributed by atoms with Crippen LogP contribution in [0.4, 0.5) is 13.2 Å². The topological polar surface area (TPSA) is 29.1 Å². The second kappa shape index (κ2) is 3.74. The molecule has 2 nitrogen and oxygen atoms in total. The molecule has 0 saturated carbocycles. The number of alkyl halides is 4. The average molecular weight is 218 g/mol. The van der Waals surface area contributed by atoms with Crippen molar-refractivity contribution in [1.82, 2.24) is 5.32 Å². The molecule has 1 N–H and O–H groups in total. The van der Waals surface area contributed by atoms with Gasteiger partial charge in [-0.2, -0.15) is 13.2 Å². The Morgan fingerprint density at radius 1 is 1.31 bits per heavy atom. The van der Waals surface area contributed by atoms with Crippen LogP contribution in [0.2, 0.25) is 0 Å². The van der Waals surface area contributed by atoms with Crippen molar-refractivity contribution in [3.63, 3.8) is 0 Å². The summed E-state index contributed by atoms with van der Waals surface area (Å²) in [5.41, 5.74) is -0.713. The minimum atomic E-state index is -4.70. The Hall–Kier alpha value is -0.450. The maximum atomic E-state index is 11.9. The third-order valence-corrected chi connectivity index (χ3v) is 1.46. The summed E-state index contributed by atoms with van der Waals surface area (Å²) in [5, 5.41) is -0.345. The quantitative estimate of drug-likeness (QED) is 0.670. The number of rotatable bonds is 1. The molecule has 0 aromatic heterocycles. The molecule has 0 aromatic carbocycles. The zero-order valence-electron chi connectivity index (χ0n) is 7.50. The first-order chi connectivity index (χ1) is 5.54. The summed E-state index contributed by atoms with van der Waals surface area (Å²) < 4.78 is 35.6. The fourth-order valence-corrected chi connectivity index (χ4v) is 0.636. The minimum Gasteiger partial charge on any atom is -0.350 e. The number of carbonyl (C=O) groups excluding carboxylic acids is 1. The van der Waals surface area contributed by atoms with Crippen LogP contribution in [0.1, 0.15) is 20.8 Å². The number of amides is 1. The van der Waals surface area contributed by atoms with Crippen LogP contribution in [-0.2, 0) is 4.79 Å². The van der Waals surface area contributed by atoms with Crippen LogP contribution < -0.4 is 5.32 Å². The van der Waals surface area contributed by atoms with Crippen LogP contribution in [0.15, 0.2) is 0 Å². The van der Waals surface area contributed by atoms with E-state index in [9.17, 15) is 18.0 Å². The zero-order chi connectivity index (χ0) is 10.9. The molecule has 0 rings (SSSR count). The molecule has 0 heterocycles. The Bertz CT molecular complexity index is 197. The van der Waals surface area contributed by atoms with Crippen LogP contribution in [0.25, 0.3) is 0 Å². The van der Waals surface area contributed by atoms with Gasteiger partial charge in [-0.15, -0.1) is 11.6 Å². The lowest BCUT2D eigenvalue weighted by atomic mass is 10.1. The second-order valence-corrected chi connectivity index (χ2v) is 4.08. The summed E-state index contributed by atoms with van der Waals surface area (Å²) >= 11 is 4.88. The first-order valence-electron chi connectivity index (χ1n) is 3.57. The molecule has 1 unspecified atom stereocenters. The number of hydrogen-bond donors (Lipinski definition) is 1. The van der Waals surface area contributed by atoms with Gasteiger partial charge in [0.2, 0.25) is 11.3 Å². The van der Waals surface area contributed by atoms with Gasteiger partial charge in [0.25, 0.3) is 0 Å². The summed E-state index contributed by atoms with van der Waals surface area (Å²) in [5.74, 6) is -1.22. The lowest BCUT2D eigenvalue weighted by molar-refractivity contribution is -0.152. The monoisotopic (exact) mass is 217 g/mol. The standard InChI is InChI=1S/C7H11ClF3NO/c1-6(2,3)12-5(13)4(8)7(9,10)11/h4H,1-3H3,(H,12,13). The van der Waals surface area contributed by atoms with Crippen molar-refractivity contribution in [1.29, 1.82) is 0 Å². The van der Waals surface area contributed by atoms with Crippen LogP contribution in [0, 0.1) is 0 Å². The SMILES string of the molecule is CC(C)(C)NC(=O)C(Cl)C(F)(F)F. The van der Waals surface area contributed by atoms with Crippen LogP contribution in [0.5, 0.6) is 0 Å². The molecule has 78 valence electrons. The van der Waals surface area contributed by atoms with Gasteiger partial charge in [0.15, 0.2) is 0 Å². The molecule has 0 radical (unpaired) electrons. The Morgan fingerprint density at radius 3 is 1.92 bits per heavy atom. The van der Waals surface area contributed by atoms with E-state index in [1.807, 2.05) is 0 Å². The first-order valence-corrected chi connectivity index (χ1v) is 4.00. The van der Waals surface area contributed by atoms with E-state index in [0.717, 1.165) is 0 Å². The Labute approximate surface area is 79.4 Å². The van der Waals surface area contributed by atoms with Crippen molar-refractivity contribution in [2.45, 2.75) is 37.9 Å². The van der Waals surface area contributed by atoms with E-state index in [2.05, 4.69) is 5.32 Å². The fourth-order valence-electron chi connectivity index (χ4n) is 0.582. The molecule has 0 spiro atoms. The molecule has 0 aliphatic rings. The van der Waals surface area contributed by atoms with E-state index < -0.39 is 23.0 Å². The Morgan fingerprint density at radius 2 is 1.69 bits per heavy atom. The highest BCUT2D eigenvalue weighted by molar-refractivity contribution is 6.31. The molecule has 1 amide bonds. The first kappa shape index (κ1) is 12.6. The summed E-state index contributed by atoms with van der Waals surface area (Å²) in [4.78, 5) is 10.8. The number of carbonyl (C=O) groups is 1. The average Bonchev–Trinajstić information content (AvgIpc) is 1.79. The Balaban J connectivity index is 4.30. The Kier molecular flexibility index (Phi) is 3.61. The van der Waals surface area contributed by atoms with Gasteiger partial charge in [0, 0.05) is 5.54 Å². The smallest absolute Gasteiger partial charge is 0.350 e. The van der Waals surface area contributed by atoms with Gasteiger partial charge in [-0.1, -0.05) is 0 Å². The molecule has 0 bridgehead atoms. The second-order valence-electron chi connectivity index (χ2n) is 3.64. The van der Waals surface area contributed by atoms with E-state index in [4.69, 9.17) is 11.6 Å². The lowest BCUT2D eigenvalue weighted by Crippen LogP contribution is -2.48.